The second-order valence-corrected chi connectivity index (χ2v) is 7.95. The van der Waals surface area contributed by atoms with Crippen molar-refractivity contribution in [3.8, 4) is 6.07 Å². The smallest absolute Gasteiger partial charge is 0.232 e. The molecule has 1 atom stereocenters. The number of pyridine rings is 1. The number of fused-ring (bicyclic) bond motifs is 2. The molecule has 1 aromatic heterocycles. The molecular weight excluding hydrogens is 380 g/mol. The van der Waals surface area contributed by atoms with Crippen LogP contribution in [0.15, 0.2) is 41.7 Å². The van der Waals surface area contributed by atoms with Crippen LogP contribution in [0.3, 0.4) is 0 Å². The predicted molar refractivity (Wildman–Crippen MR) is 111 cm³/mol. The fourth-order valence-electron chi connectivity index (χ4n) is 4.72. The zero-order chi connectivity index (χ0) is 20.7. The van der Waals surface area contributed by atoms with E-state index in [0.717, 1.165) is 29.7 Å². The summed E-state index contributed by atoms with van der Waals surface area (Å²) in [6.07, 6.45) is 5.74. The highest BCUT2D eigenvalue weighted by Crippen LogP contribution is 2.50. The molecule has 3 aliphatic rings. The molecule has 0 bridgehead atoms. The van der Waals surface area contributed by atoms with Crippen LogP contribution >= 0.6 is 0 Å². The van der Waals surface area contributed by atoms with Crippen LogP contribution < -0.4 is 11.1 Å². The number of guanidine groups is 1. The topological polar surface area (TPSA) is 117 Å². The Hall–Kier alpha value is -3.44. The molecule has 8 nitrogen and oxygen atoms in total. The second-order valence-electron chi connectivity index (χ2n) is 7.95. The molecule has 5 rings (SSSR count). The molecule has 152 valence electrons. The predicted octanol–water partition coefficient (Wildman–Crippen LogP) is 2.17. The Bertz CT molecular complexity index is 1090. The molecule has 2 aromatic rings. The quantitative estimate of drug-likeness (QED) is 0.813. The maximum absolute atomic E-state index is 13.0. The summed E-state index contributed by atoms with van der Waals surface area (Å²) in [5, 5.41) is 12.6. The first-order valence-electron chi connectivity index (χ1n) is 10.1. The van der Waals surface area contributed by atoms with Gasteiger partial charge in [-0.05, 0) is 36.1 Å². The lowest BCUT2D eigenvalue weighted by molar-refractivity contribution is -0.133. The summed E-state index contributed by atoms with van der Waals surface area (Å²) < 4.78 is 5.41. The van der Waals surface area contributed by atoms with E-state index in [1.807, 2.05) is 18.2 Å². The zero-order valence-electron chi connectivity index (χ0n) is 16.5. The van der Waals surface area contributed by atoms with Gasteiger partial charge in [-0.15, -0.1) is 0 Å². The van der Waals surface area contributed by atoms with Crippen LogP contribution in [0.25, 0.3) is 0 Å². The van der Waals surface area contributed by atoms with E-state index < -0.39 is 5.54 Å². The molecule has 1 amide bonds. The molecule has 1 spiro atoms. The Kier molecular flexibility index (Phi) is 4.40. The summed E-state index contributed by atoms with van der Waals surface area (Å²) in [4.78, 5) is 23.6. The van der Waals surface area contributed by atoms with E-state index in [-0.39, 0.29) is 11.9 Å². The van der Waals surface area contributed by atoms with E-state index in [1.165, 1.54) is 0 Å². The summed E-state index contributed by atoms with van der Waals surface area (Å²) in [5.74, 6) is 0.332. The van der Waals surface area contributed by atoms with Gasteiger partial charge < -0.3 is 15.8 Å². The number of carbonyl (C=O) groups excluding carboxylic acids is 1. The molecule has 2 aliphatic heterocycles. The highest BCUT2D eigenvalue weighted by Gasteiger charge is 2.50. The molecular formula is C22H22N6O2. The number of ether oxygens (including phenoxy) is 1. The van der Waals surface area contributed by atoms with Crippen molar-refractivity contribution in [2.24, 2.45) is 10.7 Å². The van der Waals surface area contributed by atoms with Crippen molar-refractivity contribution < 1.29 is 9.53 Å². The highest BCUT2D eigenvalue weighted by molar-refractivity contribution is 6.00. The van der Waals surface area contributed by atoms with Crippen LogP contribution in [0.5, 0.6) is 0 Å². The van der Waals surface area contributed by atoms with Crippen molar-refractivity contribution in [2.75, 3.05) is 18.5 Å². The lowest BCUT2D eigenvalue weighted by atomic mass is 9.67. The van der Waals surface area contributed by atoms with Gasteiger partial charge in [-0.25, -0.2) is 4.99 Å². The fraction of sp³-hybridized carbons (Fsp3) is 0.364. The normalized spacial score (nSPS) is 23.4. The highest BCUT2D eigenvalue weighted by atomic mass is 16.5. The summed E-state index contributed by atoms with van der Waals surface area (Å²) >= 11 is 0. The number of hydrogen-bond acceptors (Lipinski definition) is 7. The molecule has 8 heteroatoms. The monoisotopic (exact) mass is 402 g/mol. The first-order chi connectivity index (χ1) is 14.6. The molecule has 1 aromatic carbocycles. The lowest BCUT2D eigenvalue weighted by Crippen LogP contribution is -2.58. The zero-order valence-corrected chi connectivity index (χ0v) is 16.5. The minimum absolute atomic E-state index is 0.0254. The van der Waals surface area contributed by atoms with Crippen LogP contribution in [-0.4, -0.2) is 41.0 Å². The molecule has 3 N–H and O–H groups in total. The number of nitrogens with two attached hydrogens (primary N) is 1. The van der Waals surface area contributed by atoms with Crippen LogP contribution in [0.2, 0.25) is 0 Å². The van der Waals surface area contributed by atoms with Gasteiger partial charge in [0.05, 0.1) is 23.9 Å². The van der Waals surface area contributed by atoms with E-state index >= 15 is 0 Å². The van der Waals surface area contributed by atoms with Gasteiger partial charge in [-0.3, -0.25) is 14.7 Å². The SMILES string of the molecule is N#Cc1ccncc1Nc1cccc2c1C[C@]21CC(=O)N(C2CCOCC2)C(N)=N1. The number of aromatic nitrogens is 1. The Balaban J connectivity index is 1.44. The van der Waals surface area contributed by atoms with Crippen molar-refractivity contribution in [1.29, 1.82) is 5.26 Å². The van der Waals surface area contributed by atoms with Crippen LogP contribution in [0, 0.1) is 11.3 Å². The number of hydrogen-bond donors (Lipinski definition) is 2. The number of nitrogens with zero attached hydrogens (tertiary/aromatic N) is 4. The number of anilines is 2. The number of nitriles is 1. The van der Waals surface area contributed by atoms with Gasteiger partial charge in [0.2, 0.25) is 5.91 Å². The number of carbonyl (C=O) groups is 1. The summed E-state index contributed by atoms with van der Waals surface area (Å²) in [5.41, 5.74) is 9.89. The van der Waals surface area contributed by atoms with E-state index in [9.17, 15) is 10.1 Å². The van der Waals surface area contributed by atoms with Crippen molar-refractivity contribution in [3.63, 3.8) is 0 Å². The van der Waals surface area contributed by atoms with Crippen LogP contribution in [0.4, 0.5) is 11.4 Å². The van der Waals surface area contributed by atoms with Crippen molar-refractivity contribution in [3.05, 3.63) is 53.3 Å². The van der Waals surface area contributed by atoms with Crippen molar-refractivity contribution >= 4 is 23.2 Å². The maximum atomic E-state index is 13.0. The number of aliphatic imine (C=N–C) groups is 1. The first kappa shape index (κ1) is 18.6. The Labute approximate surface area is 174 Å². The van der Waals surface area contributed by atoms with Crippen molar-refractivity contribution in [2.45, 2.75) is 37.3 Å². The number of nitrogens with one attached hydrogen (secondary N) is 1. The van der Waals surface area contributed by atoms with Gasteiger partial charge in [0.1, 0.15) is 11.6 Å². The third-order valence-electron chi connectivity index (χ3n) is 6.20. The average molecular weight is 402 g/mol. The van der Waals surface area contributed by atoms with Gasteiger partial charge in [-0.2, -0.15) is 5.26 Å². The van der Waals surface area contributed by atoms with E-state index in [4.69, 9.17) is 15.5 Å². The van der Waals surface area contributed by atoms with E-state index in [0.29, 0.717) is 43.3 Å². The Morgan fingerprint density at radius 3 is 2.83 bits per heavy atom. The molecule has 30 heavy (non-hydrogen) atoms. The van der Waals surface area contributed by atoms with E-state index in [2.05, 4.69) is 16.4 Å². The summed E-state index contributed by atoms with van der Waals surface area (Å²) in [6, 6.07) is 9.82. The second kappa shape index (κ2) is 7.11. The molecule has 1 aliphatic carbocycles. The third-order valence-corrected chi connectivity index (χ3v) is 6.20. The van der Waals surface area contributed by atoms with Gasteiger partial charge in [0.15, 0.2) is 5.96 Å². The number of amides is 1. The van der Waals surface area contributed by atoms with E-state index in [1.54, 1.807) is 23.4 Å². The summed E-state index contributed by atoms with van der Waals surface area (Å²) in [6.45, 7) is 1.29. The minimum atomic E-state index is -0.594. The number of benzene rings is 1. The maximum Gasteiger partial charge on any atom is 0.232 e. The van der Waals surface area contributed by atoms with Crippen LogP contribution in [0.1, 0.15) is 36.0 Å². The largest absolute Gasteiger partial charge is 0.381 e. The average Bonchev–Trinajstić information content (AvgIpc) is 2.75. The standard InChI is InChI=1S/C22H22N6O2/c23-12-14-4-7-25-13-19(14)26-18-3-1-2-17-16(18)10-22(17)11-20(29)28(21(24)27-22)15-5-8-30-9-6-15/h1-4,7,13,15,26H,5-6,8-11H2,(H2,24,27)/t22-/m0/s1. The molecule has 1 saturated heterocycles. The summed E-state index contributed by atoms with van der Waals surface area (Å²) in [7, 11) is 0. The first-order valence-corrected chi connectivity index (χ1v) is 10.1. The molecule has 0 unspecified atom stereocenters. The van der Waals surface area contributed by atoms with Gasteiger partial charge >= 0.3 is 0 Å². The number of rotatable bonds is 3. The molecule has 3 heterocycles. The molecule has 1 fully saturated rings. The van der Waals surface area contributed by atoms with Gasteiger partial charge in [0, 0.05) is 37.6 Å². The van der Waals surface area contributed by atoms with Gasteiger partial charge in [0.25, 0.3) is 0 Å². The molecule has 0 radical (unpaired) electrons. The molecule has 0 saturated carbocycles. The van der Waals surface area contributed by atoms with Crippen LogP contribution in [-0.2, 0) is 21.5 Å². The van der Waals surface area contributed by atoms with Gasteiger partial charge in [-0.1, -0.05) is 12.1 Å². The Morgan fingerprint density at radius 1 is 1.23 bits per heavy atom. The lowest BCUT2D eigenvalue weighted by Gasteiger charge is -2.47. The minimum Gasteiger partial charge on any atom is -0.381 e. The van der Waals surface area contributed by atoms with Crippen molar-refractivity contribution in [1.82, 2.24) is 9.88 Å². The Morgan fingerprint density at radius 2 is 2.07 bits per heavy atom. The third kappa shape index (κ3) is 2.90. The fourth-order valence-corrected chi connectivity index (χ4v) is 4.72.